The van der Waals surface area contributed by atoms with Gasteiger partial charge in [0.05, 0.1) is 27.2 Å². The van der Waals surface area contributed by atoms with E-state index in [1.807, 2.05) is 0 Å². The van der Waals surface area contributed by atoms with Gasteiger partial charge >= 0.3 is 0 Å². The maximum atomic E-state index is 3.87. The number of hydrogen-bond donors (Lipinski definition) is 0. The topological polar surface area (TPSA) is 0 Å². The van der Waals surface area contributed by atoms with E-state index < -0.39 is 0 Å². The molecule has 0 saturated heterocycles. The summed E-state index contributed by atoms with van der Waals surface area (Å²) in [7, 11) is 4.63. The summed E-state index contributed by atoms with van der Waals surface area (Å²) in [5.41, 5.74) is 0. The molecule has 0 aromatic heterocycles. The summed E-state index contributed by atoms with van der Waals surface area (Å²) in [6.07, 6.45) is 31.2. The predicted octanol–water partition coefficient (Wildman–Crippen LogP) is 9.07. The van der Waals surface area contributed by atoms with E-state index in [4.69, 9.17) is 0 Å². The fourth-order valence-electron chi connectivity index (χ4n) is 4.24. The summed E-state index contributed by atoms with van der Waals surface area (Å²) in [6.45, 7) is 8.56. The number of rotatable bonds is 23. The second kappa shape index (κ2) is 21.4. The molecule has 0 aliphatic heterocycles. The Morgan fingerprint density at radius 3 is 1.07 bits per heavy atom. The molecule has 1 nitrogen and oxygen atoms in total. The van der Waals surface area contributed by atoms with Crippen molar-refractivity contribution in [2.45, 2.75) is 135 Å². The van der Waals surface area contributed by atoms with Crippen LogP contribution in [0, 0.1) is 0 Å². The summed E-state index contributed by atoms with van der Waals surface area (Å²) in [5, 5.41) is 0. The molecule has 0 aliphatic rings. The largest absolute Gasteiger partial charge is 0.325 e. The maximum absolute atomic E-state index is 3.87. The van der Waals surface area contributed by atoms with Crippen LogP contribution >= 0.6 is 0 Å². The van der Waals surface area contributed by atoms with E-state index in [1.165, 1.54) is 135 Å². The summed E-state index contributed by atoms with van der Waals surface area (Å²) < 4.78 is 1.10. The van der Waals surface area contributed by atoms with Gasteiger partial charge in [0.15, 0.2) is 0 Å². The van der Waals surface area contributed by atoms with E-state index in [-0.39, 0.29) is 0 Å². The molecule has 0 unspecified atom stereocenters. The van der Waals surface area contributed by atoms with Crippen LogP contribution in [-0.2, 0) is 0 Å². The third-order valence-corrected chi connectivity index (χ3v) is 6.24. The molecule has 0 rings (SSSR count). The zero-order chi connectivity index (χ0) is 20.8. The predicted molar refractivity (Wildman–Crippen MR) is 130 cm³/mol. The number of quaternary nitrogens is 1. The quantitative estimate of drug-likeness (QED) is 0.0920. The standard InChI is InChI=1S/C27H56N/c1-5-7-8-9-10-11-12-13-14-15-16-17-18-19-20-21-22-23-24-25-27-28(3,4)26-6-2/h6H,2,5,7-27H2,1,3-4H3/q+1. The Morgan fingerprint density at radius 1 is 0.500 bits per heavy atom. The van der Waals surface area contributed by atoms with Gasteiger partial charge in [0.2, 0.25) is 0 Å². The zero-order valence-corrected chi connectivity index (χ0v) is 20.3. The highest BCUT2D eigenvalue weighted by atomic mass is 15.3. The van der Waals surface area contributed by atoms with Crippen LogP contribution in [0.25, 0.3) is 0 Å². The third-order valence-electron chi connectivity index (χ3n) is 6.24. The summed E-state index contributed by atoms with van der Waals surface area (Å²) in [6, 6.07) is 0. The zero-order valence-electron chi connectivity index (χ0n) is 20.3. The number of likely N-dealkylation sites (N-methyl/N-ethyl adjacent to an activating group) is 1. The Balaban J connectivity index is 3.09. The average molecular weight is 395 g/mol. The third kappa shape index (κ3) is 22.0. The van der Waals surface area contributed by atoms with Crippen LogP contribution in [0.3, 0.4) is 0 Å². The molecule has 28 heavy (non-hydrogen) atoms. The molecule has 0 saturated carbocycles. The summed E-state index contributed by atoms with van der Waals surface area (Å²) in [4.78, 5) is 0. The van der Waals surface area contributed by atoms with Crippen molar-refractivity contribution in [1.82, 2.24) is 0 Å². The van der Waals surface area contributed by atoms with E-state index in [1.54, 1.807) is 0 Å². The molecule has 0 bridgehead atoms. The molecule has 0 atom stereocenters. The average Bonchev–Trinajstić information content (AvgIpc) is 2.66. The van der Waals surface area contributed by atoms with Gasteiger partial charge in [-0.25, -0.2) is 0 Å². The van der Waals surface area contributed by atoms with E-state index in [2.05, 4.69) is 33.7 Å². The van der Waals surface area contributed by atoms with Crippen molar-refractivity contribution in [3.05, 3.63) is 12.7 Å². The SMILES string of the molecule is C=CC[N+](C)(C)CCCCCCCCCCCCCCCCCCCCCC. The lowest BCUT2D eigenvalue weighted by atomic mass is 10.0. The van der Waals surface area contributed by atoms with Gasteiger partial charge < -0.3 is 4.48 Å². The molecule has 0 aliphatic carbocycles. The molecule has 0 amide bonds. The summed E-state index contributed by atoms with van der Waals surface area (Å²) >= 11 is 0. The number of nitrogens with zero attached hydrogens (tertiary/aromatic N) is 1. The molecule has 0 fully saturated rings. The normalized spacial score (nSPS) is 11.8. The van der Waals surface area contributed by atoms with Crippen LogP contribution in [-0.4, -0.2) is 31.7 Å². The Morgan fingerprint density at radius 2 is 0.786 bits per heavy atom. The Bertz CT molecular complexity index is 307. The highest BCUT2D eigenvalue weighted by molar-refractivity contribution is 4.64. The van der Waals surface area contributed by atoms with Gasteiger partial charge in [-0.05, 0) is 18.9 Å². The van der Waals surface area contributed by atoms with E-state index in [0.29, 0.717) is 0 Å². The minimum absolute atomic E-state index is 1.10. The van der Waals surface area contributed by atoms with Crippen molar-refractivity contribution in [2.24, 2.45) is 0 Å². The molecule has 0 radical (unpaired) electrons. The minimum atomic E-state index is 1.10. The van der Waals surface area contributed by atoms with Gasteiger partial charge in [0, 0.05) is 0 Å². The Labute approximate surface area is 180 Å². The van der Waals surface area contributed by atoms with Crippen LogP contribution in [0.4, 0.5) is 0 Å². The summed E-state index contributed by atoms with van der Waals surface area (Å²) in [5.74, 6) is 0. The molecular weight excluding hydrogens is 338 g/mol. The smallest absolute Gasteiger partial charge is 0.0966 e. The fraction of sp³-hybridized carbons (Fsp3) is 0.926. The second-order valence-corrected chi connectivity index (χ2v) is 9.85. The van der Waals surface area contributed by atoms with Crippen molar-refractivity contribution in [2.75, 3.05) is 27.2 Å². The van der Waals surface area contributed by atoms with Crippen LogP contribution in [0.2, 0.25) is 0 Å². The second-order valence-electron chi connectivity index (χ2n) is 9.85. The van der Waals surface area contributed by atoms with Crippen molar-refractivity contribution in [3.8, 4) is 0 Å². The molecular formula is C27H56N+. The molecule has 0 heterocycles. The molecule has 168 valence electrons. The first-order chi connectivity index (χ1) is 13.6. The van der Waals surface area contributed by atoms with Gasteiger partial charge in [0.25, 0.3) is 0 Å². The molecule has 0 aromatic carbocycles. The van der Waals surface area contributed by atoms with E-state index >= 15 is 0 Å². The van der Waals surface area contributed by atoms with Crippen molar-refractivity contribution in [3.63, 3.8) is 0 Å². The van der Waals surface area contributed by atoms with Crippen LogP contribution in [0.1, 0.15) is 135 Å². The van der Waals surface area contributed by atoms with Crippen LogP contribution in [0.15, 0.2) is 12.7 Å². The molecule has 0 aromatic rings. The first kappa shape index (κ1) is 27.7. The fourth-order valence-corrected chi connectivity index (χ4v) is 4.24. The van der Waals surface area contributed by atoms with Crippen molar-refractivity contribution < 1.29 is 4.48 Å². The molecule has 1 heteroatoms. The molecule has 0 N–H and O–H groups in total. The van der Waals surface area contributed by atoms with Crippen LogP contribution < -0.4 is 0 Å². The van der Waals surface area contributed by atoms with Gasteiger partial charge in [-0.1, -0.05) is 129 Å². The lowest BCUT2D eigenvalue weighted by Gasteiger charge is -2.28. The van der Waals surface area contributed by atoms with Gasteiger partial charge in [-0.15, -0.1) is 0 Å². The van der Waals surface area contributed by atoms with E-state index in [9.17, 15) is 0 Å². The van der Waals surface area contributed by atoms with Gasteiger partial charge in [0.1, 0.15) is 0 Å². The Kier molecular flexibility index (Phi) is 21.2. The highest BCUT2D eigenvalue weighted by Crippen LogP contribution is 2.15. The maximum Gasteiger partial charge on any atom is 0.0966 e. The van der Waals surface area contributed by atoms with Crippen molar-refractivity contribution >= 4 is 0 Å². The molecule has 0 spiro atoms. The first-order valence-corrected chi connectivity index (χ1v) is 13.1. The van der Waals surface area contributed by atoms with E-state index in [0.717, 1.165) is 11.0 Å². The first-order valence-electron chi connectivity index (χ1n) is 13.1. The van der Waals surface area contributed by atoms with Gasteiger partial charge in [-0.2, -0.15) is 0 Å². The number of unbranched alkanes of at least 4 members (excludes halogenated alkanes) is 19. The highest BCUT2D eigenvalue weighted by Gasteiger charge is 2.11. The number of hydrogen-bond acceptors (Lipinski definition) is 0. The minimum Gasteiger partial charge on any atom is -0.325 e. The lowest BCUT2D eigenvalue weighted by Crippen LogP contribution is -2.40. The van der Waals surface area contributed by atoms with Crippen molar-refractivity contribution in [1.29, 1.82) is 0 Å². The van der Waals surface area contributed by atoms with Gasteiger partial charge in [-0.3, -0.25) is 0 Å². The monoisotopic (exact) mass is 394 g/mol. The van der Waals surface area contributed by atoms with Crippen LogP contribution in [0.5, 0.6) is 0 Å². The lowest BCUT2D eigenvalue weighted by molar-refractivity contribution is -0.884. The Hall–Kier alpha value is -0.300.